The summed E-state index contributed by atoms with van der Waals surface area (Å²) in [6.45, 7) is 5.30. The molecule has 0 spiro atoms. The van der Waals surface area contributed by atoms with Crippen molar-refractivity contribution in [1.82, 2.24) is 0 Å². The van der Waals surface area contributed by atoms with Crippen LogP contribution in [0.3, 0.4) is 0 Å². The van der Waals surface area contributed by atoms with E-state index in [4.69, 9.17) is 9.52 Å². The predicted molar refractivity (Wildman–Crippen MR) is 81.3 cm³/mol. The van der Waals surface area contributed by atoms with Crippen LogP contribution in [-0.2, 0) is 0 Å². The van der Waals surface area contributed by atoms with Crippen molar-refractivity contribution >= 4 is 11.6 Å². The van der Waals surface area contributed by atoms with E-state index in [1.807, 2.05) is 19.1 Å². The lowest BCUT2D eigenvalue weighted by Gasteiger charge is -2.06. The van der Waals surface area contributed by atoms with Gasteiger partial charge in [-0.25, -0.2) is 0 Å². The molecule has 0 saturated heterocycles. The zero-order chi connectivity index (χ0) is 15.4. The van der Waals surface area contributed by atoms with E-state index in [-0.39, 0.29) is 12.5 Å². The molecule has 0 aliphatic rings. The van der Waals surface area contributed by atoms with Crippen molar-refractivity contribution in [2.24, 2.45) is 0 Å². The summed E-state index contributed by atoms with van der Waals surface area (Å²) in [4.78, 5) is 12.2. The number of anilines is 1. The van der Waals surface area contributed by atoms with Gasteiger partial charge in [-0.1, -0.05) is 17.9 Å². The molecule has 0 unspecified atom stereocenters. The van der Waals surface area contributed by atoms with Gasteiger partial charge in [-0.3, -0.25) is 4.79 Å². The van der Waals surface area contributed by atoms with E-state index in [2.05, 4.69) is 17.2 Å². The van der Waals surface area contributed by atoms with Crippen LogP contribution in [0.1, 0.15) is 33.0 Å². The Morgan fingerprint density at radius 2 is 2.05 bits per heavy atom. The van der Waals surface area contributed by atoms with Crippen molar-refractivity contribution in [3.63, 3.8) is 0 Å². The molecule has 0 saturated carbocycles. The monoisotopic (exact) mass is 283 g/mol. The summed E-state index contributed by atoms with van der Waals surface area (Å²) in [6, 6.07) is 7.20. The Morgan fingerprint density at radius 3 is 2.67 bits per heavy atom. The maximum absolute atomic E-state index is 12.2. The van der Waals surface area contributed by atoms with Gasteiger partial charge in [-0.15, -0.1) is 0 Å². The molecule has 108 valence electrons. The molecule has 4 heteroatoms. The zero-order valence-corrected chi connectivity index (χ0v) is 12.3. The van der Waals surface area contributed by atoms with Crippen LogP contribution in [-0.4, -0.2) is 17.6 Å². The quantitative estimate of drug-likeness (QED) is 0.833. The van der Waals surface area contributed by atoms with Crippen LogP contribution in [0.2, 0.25) is 0 Å². The molecule has 4 nitrogen and oxygen atoms in total. The molecular weight excluding hydrogens is 266 g/mol. The van der Waals surface area contributed by atoms with E-state index in [1.165, 1.54) is 0 Å². The first kappa shape index (κ1) is 14.9. The summed E-state index contributed by atoms with van der Waals surface area (Å²) in [6.07, 6.45) is 0. The molecule has 2 N–H and O–H groups in total. The maximum Gasteiger partial charge on any atom is 0.259 e. The average Bonchev–Trinajstić information content (AvgIpc) is 2.78. The van der Waals surface area contributed by atoms with Crippen molar-refractivity contribution in [1.29, 1.82) is 0 Å². The summed E-state index contributed by atoms with van der Waals surface area (Å²) in [5, 5.41) is 11.6. The Morgan fingerprint density at radius 1 is 1.29 bits per heavy atom. The van der Waals surface area contributed by atoms with E-state index in [0.29, 0.717) is 22.8 Å². The Kier molecular flexibility index (Phi) is 4.46. The Labute approximate surface area is 123 Å². The number of hydrogen-bond donors (Lipinski definition) is 2. The third kappa shape index (κ3) is 3.53. The number of nitrogens with one attached hydrogen (secondary N) is 1. The number of aryl methyl sites for hydroxylation is 3. The molecule has 0 fully saturated rings. The summed E-state index contributed by atoms with van der Waals surface area (Å²) < 4.78 is 5.36. The topological polar surface area (TPSA) is 62.5 Å². The number of benzene rings is 1. The first-order valence-corrected chi connectivity index (χ1v) is 6.60. The molecular formula is C17H17NO3. The standard InChI is InChI=1S/C17H17NO3/c1-11-6-7-15(10-14(11)5-4-8-19)18-17(20)16-9-12(2)21-13(16)3/h6-7,9-10,19H,8H2,1-3H3,(H,18,20). The third-order valence-corrected chi connectivity index (χ3v) is 3.08. The van der Waals surface area contributed by atoms with Crippen LogP contribution >= 0.6 is 0 Å². The van der Waals surface area contributed by atoms with Gasteiger partial charge >= 0.3 is 0 Å². The van der Waals surface area contributed by atoms with Crippen LogP contribution in [0.25, 0.3) is 0 Å². The molecule has 2 aromatic rings. The first-order valence-electron chi connectivity index (χ1n) is 6.60. The Hall–Kier alpha value is -2.51. The molecule has 1 aromatic carbocycles. The van der Waals surface area contributed by atoms with Gasteiger partial charge in [-0.05, 0) is 44.5 Å². The summed E-state index contributed by atoms with van der Waals surface area (Å²) in [5.74, 6) is 6.56. The molecule has 21 heavy (non-hydrogen) atoms. The molecule has 2 rings (SSSR count). The molecule has 0 radical (unpaired) electrons. The number of aliphatic hydroxyl groups is 1. The van der Waals surface area contributed by atoms with E-state index >= 15 is 0 Å². The second kappa shape index (κ2) is 6.29. The van der Waals surface area contributed by atoms with E-state index in [1.54, 1.807) is 26.0 Å². The van der Waals surface area contributed by atoms with Gasteiger partial charge in [0.2, 0.25) is 0 Å². The van der Waals surface area contributed by atoms with Gasteiger partial charge in [0.05, 0.1) is 5.56 Å². The fourth-order valence-corrected chi connectivity index (χ4v) is 2.02. The van der Waals surface area contributed by atoms with Crippen LogP contribution < -0.4 is 5.32 Å². The van der Waals surface area contributed by atoms with Gasteiger partial charge in [0, 0.05) is 11.3 Å². The molecule has 1 heterocycles. The van der Waals surface area contributed by atoms with Crippen LogP contribution in [0.5, 0.6) is 0 Å². The van der Waals surface area contributed by atoms with Crippen LogP contribution in [0.4, 0.5) is 5.69 Å². The summed E-state index contributed by atoms with van der Waals surface area (Å²) in [5.41, 5.74) is 2.95. The lowest BCUT2D eigenvalue weighted by molar-refractivity contribution is 0.102. The average molecular weight is 283 g/mol. The molecule has 0 aliphatic heterocycles. The van der Waals surface area contributed by atoms with E-state index < -0.39 is 0 Å². The number of amides is 1. The van der Waals surface area contributed by atoms with Gasteiger partial charge in [-0.2, -0.15) is 0 Å². The second-order valence-electron chi connectivity index (χ2n) is 4.77. The van der Waals surface area contributed by atoms with Crippen molar-refractivity contribution in [2.45, 2.75) is 20.8 Å². The Bertz CT molecular complexity index is 732. The lowest BCUT2D eigenvalue weighted by atomic mass is 10.1. The molecule has 1 amide bonds. The number of rotatable bonds is 2. The number of carbonyl (C=O) groups excluding carboxylic acids is 1. The summed E-state index contributed by atoms with van der Waals surface area (Å²) in [7, 11) is 0. The SMILES string of the molecule is Cc1cc(C(=O)Nc2ccc(C)c(C#CCO)c2)c(C)o1. The molecule has 0 atom stereocenters. The Balaban J connectivity index is 2.23. The highest BCUT2D eigenvalue weighted by Crippen LogP contribution is 2.18. The van der Waals surface area contributed by atoms with Crippen LogP contribution in [0, 0.1) is 32.6 Å². The van der Waals surface area contributed by atoms with Gasteiger partial charge in [0.1, 0.15) is 18.1 Å². The normalized spacial score (nSPS) is 9.90. The van der Waals surface area contributed by atoms with Crippen LogP contribution in [0.15, 0.2) is 28.7 Å². The fourth-order valence-electron chi connectivity index (χ4n) is 2.02. The minimum atomic E-state index is -0.214. The number of aliphatic hydroxyl groups excluding tert-OH is 1. The molecule has 0 bridgehead atoms. The van der Waals surface area contributed by atoms with E-state index in [9.17, 15) is 4.79 Å². The predicted octanol–water partition coefficient (Wildman–Crippen LogP) is 2.80. The minimum absolute atomic E-state index is 0.191. The van der Waals surface area contributed by atoms with Crippen molar-refractivity contribution < 1.29 is 14.3 Å². The van der Waals surface area contributed by atoms with Crippen molar-refractivity contribution in [3.05, 3.63) is 52.5 Å². The highest BCUT2D eigenvalue weighted by Gasteiger charge is 2.13. The second-order valence-corrected chi connectivity index (χ2v) is 4.77. The fraction of sp³-hybridized carbons (Fsp3) is 0.235. The van der Waals surface area contributed by atoms with Crippen molar-refractivity contribution in [2.75, 3.05) is 11.9 Å². The number of furan rings is 1. The van der Waals surface area contributed by atoms with E-state index in [0.717, 1.165) is 11.1 Å². The highest BCUT2D eigenvalue weighted by atomic mass is 16.3. The largest absolute Gasteiger partial charge is 0.466 e. The minimum Gasteiger partial charge on any atom is -0.466 e. The maximum atomic E-state index is 12.2. The first-order chi connectivity index (χ1) is 10.0. The smallest absolute Gasteiger partial charge is 0.259 e. The summed E-state index contributed by atoms with van der Waals surface area (Å²) >= 11 is 0. The third-order valence-electron chi connectivity index (χ3n) is 3.08. The highest BCUT2D eigenvalue weighted by molar-refractivity contribution is 6.05. The van der Waals surface area contributed by atoms with Gasteiger partial charge in [0.25, 0.3) is 5.91 Å². The lowest BCUT2D eigenvalue weighted by Crippen LogP contribution is -2.12. The van der Waals surface area contributed by atoms with Gasteiger partial charge < -0.3 is 14.8 Å². The van der Waals surface area contributed by atoms with Gasteiger partial charge in [0.15, 0.2) is 0 Å². The zero-order valence-electron chi connectivity index (χ0n) is 12.3. The number of carbonyl (C=O) groups is 1. The molecule has 1 aromatic heterocycles. The number of hydrogen-bond acceptors (Lipinski definition) is 3. The van der Waals surface area contributed by atoms with Crippen molar-refractivity contribution in [3.8, 4) is 11.8 Å². The molecule has 0 aliphatic carbocycles.